The number of hydrogen-bond donors (Lipinski definition) is 0. The quantitative estimate of drug-likeness (QED) is 0.357. The summed E-state index contributed by atoms with van der Waals surface area (Å²) >= 11 is 3.10. The molecule has 0 saturated carbocycles. The smallest absolute Gasteiger partial charge is 0.233 e. The molecule has 0 radical (unpaired) electrons. The van der Waals surface area contributed by atoms with Gasteiger partial charge in [-0.1, -0.05) is 30.0 Å². The van der Waals surface area contributed by atoms with Gasteiger partial charge in [-0.15, -0.1) is 11.3 Å². The van der Waals surface area contributed by atoms with Crippen LogP contribution in [-0.4, -0.2) is 43.4 Å². The van der Waals surface area contributed by atoms with Gasteiger partial charge in [-0.3, -0.25) is 4.79 Å². The molecule has 0 unspecified atom stereocenters. The Morgan fingerprint density at radius 3 is 2.79 bits per heavy atom. The molecule has 8 heteroatoms. The van der Waals surface area contributed by atoms with Crippen molar-refractivity contribution >= 4 is 40.0 Å². The Labute approximate surface area is 171 Å². The van der Waals surface area contributed by atoms with E-state index in [1.807, 2.05) is 37.4 Å². The molecule has 0 bridgehead atoms. The third-order valence-corrected chi connectivity index (χ3v) is 6.43. The Morgan fingerprint density at radius 2 is 2.04 bits per heavy atom. The molecule has 3 heterocycles. The second-order valence-electron chi connectivity index (χ2n) is 6.37. The summed E-state index contributed by atoms with van der Waals surface area (Å²) in [6.07, 6.45) is 3.28. The Morgan fingerprint density at radius 1 is 1.21 bits per heavy atom. The lowest BCUT2D eigenvalue weighted by molar-refractivity contribution is -0.127. The summed E-state index contributed by atoms with van der Waals surface area (Å²) in [6, 6.07) is 11.9. The van der Waals surface area contributed by atoms with E-state index in [1.165, 1.54) is 28.5 Å². The molecule has 142 valence electrons. The number of amides is 1. The first kappa shape index (κ1) is 18.6. The van der Waals surface area contributed by atoms with Gasteiger partial charge in [-0.2, -0.15) is 5.10 Å². The van der Waals surface area contributed by atoms with E-state index in [1.54, 1.807) is 27.1 Å². The minimum Gasteiger partial charge on any atom is -0.340 e. The molecule has 1 amide bonds. The number of hydrogen-bond acceptors (Lipinski definition) is 6. The third kappa shape index (κ3) is 3.79. The molecule has 0 atom stereocenters. The summed E-state index contributed by atoms with van der Waals surface area (Å²) < 4.78 is 1.79. The molecule has 4 aromatic rings. The lowest BCUT2D eigenvalue weighted by Gasteiger charge is -2.16. The molecule has 4 rings (SSSR count). The Kier molecular flexibility index (Phi) is 5.40. The number of aromatic nitrogens is 4. The highest BCUT2D eigenvalue weighted by Gasteiger charge is 2.15. The number of carbonyl (C=O) groups excluding carboxylic acids is 1. The maximum Gasteiger partial charge on any atom is 0.233 e. The zero-order chi connectivity index (χ0) is 19.5. The number of thiophene rings is 1. The van der Waals surface area contributed by atoms with Crippen LogP contribution >= 0.6 is 23.1 Å². The van der Waals surface area contributed by atoms with Gasteiger partial charge < -0.3 is 4.90 Å². The summed E-state index contributed by atoms with van der Waals surface area (Å²) in [6.45, 7) is 2.70. The van der Waals surface area contributed by atoms with Crippen LogP contribution in [0.25, 0.3) is 16.7 Å². The SMILES string of the molecule is Cc1ccsc1CN(C)C(=O)CSc1ncnc2c1cnn2-c1ccccc1. The molecule has 0 N–H and O–H groups in total. The van der Waals surface area contributed by atoms with Crippen LogP contribution in [0.4, 0.5) is 0 Å². The highest BCUT2D eigenvalue weighted by Crippen LogP contribution is 2.26. The van der Waals surface area contributed by atoms with Crippen molar-refractivity contribution < 1.29 is 4.79 Å². The summed E-state index contributed by atoms with van der Waals surface area (Å²) in [5.74, 6) is 0.392. The zero-order valence-electron chi connectivity index (χ0n) is 15.6. The predicted octanol–water partition coefficient (Wildman–Crippen LogP) is 3.94. The second-order valence-corrected chi connectivity index (χ2v) is 8.34. The third-order valence-electron chi connectivity index (χ3n) is 4.44. The number of para-hydroxylation sites is 1. The molecule has 0 aliphatic rings. The van der Waals surface area contributed by atoms with Crippen molar-refractivity contribution in [1.82, 2.24) is 24.6 Å². The largest absolute Gasteiger partial charge is 0.340 e. The maximum atomic E-state index is 12.6. The van der Waals surface area contributed by atoms with Gasteiger partial charge >= 0.3 is 0 Å². The lowest BCUT2D eigenvalue weighted by Crippen LogP contribution is -2.27. The molecular weight excluding hydrogens is 390 g/mol. The van der Waals surface area contributed by atoms with E-state index in [4.69, 9.17) is 0 Å². The van der Waals surface area contributed by atoms with Gasteiger partial charge in [0.05, 0.1) is 29.6 Å². The van der Waals surface area contributed by atoms with E-state index in [0.717, 1.165) is 21.7 Å². The lowest BCUT2D eigenvalue weighted by atomic mass is 10.3. The first-order chi connectivity index (χ1) is 13.6. The first-order valence-corrected chi connectivity index (χ1v) is 10.6. The van der Waals surface area contributed by atoms with Gasteiger partial charge in [0.25, 0.3) is 0 Å². The Bertz CT molecular complexity index is 1110. The Balaban J connectivity index is 1.48. The number of fused-ring (bicyclic) bond motifs is 1. The minimum atomic E-state index is 0.0695. The Hall–Kier alpha value is -2.71. The van der Waals surface area contributed by atoms with E-state index in [9.17, 15) is 4.79 Å². The van der Waals surface area contributed by atoms with Crippen LogP contribution in [-0.2, 0) is 11.3 Å². The van der Waals surface area contributed by atoms with E-state index in [-0.39, 0.29) is 5.91 Å². The van der Waals surface area contributed by atoms with E-state index in [0.29, 0.717) is 12.3 Å². The van der Waals surface area contributed by atoms with Crippen LogP contribution in [0.1, 0.15) is 10.4 Å². The molecule has 1 aromatic carbocycles. The topological polar surface area (TPSA) is 63.9 Å². The number of benzene rings is 1. The average molecular weight is 410 g/mol. The summed E-state index contributed by atoms with van der Waals surface area (Å²) in [7, 11) is 1.84. The van der Waals surface area contributed by atoms with Gasteiger partial charge in [0.2, 0.25) is 5.91 Å². The monoisotopic (exact) mass is 409 g/mol. The van der Waals surface area contributed by atoms with Crippen molar-refractivity contribution in [3.63, 3.8) is 0 Å². The summed E-state index contributed by atoms with van der Waals surface area (Å²) in [5, 5.41) is 8.12. The highest BCUT2D eigenvalue weighted by molar-refractivity contribution is 8.00. The fourth-order valence-corrected chi connectivity index (χ4v) is 4.67. The van der Waals surface area contributed by atoms with E-state index in [2.05, 4.69) is 33.4 Å². The van der Waals surface area contributed by atoms with Gasteiger partial charge in [0.15, 0.2) is 5.65 Å². The molecule has 0 saturated heterocycles. The number of aryl methyl sites for hydroxylation is 1. The number of carbonyl (C=O) groups is 1. The summed E-state index contributed by atoms with van der Waals surface area (Å²) in [5.41, 5.74) is 2.90. The van der Waals surface area contributed by atoms with Crippen molar-refractivity contribution in [3.05, 3.63) is 64.7 Å². The molecular formula is C20H19N5OS2. The van der Waals surface area contributed by atoms with Crippen molar-refractivity contribution in [3.8, 4) is 5.69 Å². The van der Waals surface area contributed by atoms with Crippen molar-refractivity contribution in [2.45, 2.75) is 18.5 Å². The van der Waals surface area contributed by atoms with Crippen molar-refractivity contribution in [1.29, 1.82) is 0 Å². The predicted molar refractivity (Wildman–Crippen MR) is 113 cm³/mol. The molecule has 0 aliphatic carbocycles. The van der Waals surface area contributed by atoms with Crippen molar-refractivity contribution in [2.75, 3.05) is 12.8 Å². The van der Waals surface area contributed by atoms with Crippen LogP contribution in [0.3, 0.4) is 0 Å². The first-order valence-electron chi connectivity index (χ1n) is 8.77. The molecule has 6 nitrogen and oxygen atoms in total. The van der Waals surface area contributed by atoms with Gasteiger partial charge in [-0.25, -0.2) is 14.6 Å². The fourth-order valence-electron chi connectivity index (χ4n) is 2.81. The fraction of sp³-hybridized carbons (Fsp3) is 0.200. The minimum absolute atomic E-state index is 0.0695. The van der Waals surface area contributed by atoms with Crippen LogP contribution in [0.5, 0.6) is 0 Å². The average Bonchev–Trinajstić information content (AvgIpc) is 3.33. The van der Waals surface area contributed by atoms with Crippen LogP contribution in [0, 0.1) is 6.92 Å². The number of rotatable bonds is 6. The highest BCUT2D eigenvalue weighted by atomic mass is 32.2. The zero-order valence-corrected chi connectivity index (χ0v) is 17.2. The van der Waals surface area contributed by atoms with Crippen LogP contribution in [0.2, 0.25) is 0 Å². The molecule has 28 heavy (non-hydrogen) atoms. The molecule has 3 aromatic heterocycles. The molecule has 0 fully saturated rings. The van der Waals surface area contributed by atoms with Crippen LogP contribution in [0.15, 0.2) is 59.3 Å². The van der Waals surface area contributed by atoms with Crippen LogP contribution < -0.4 is 0 Å². The molecule has 0 aliphatic heterocycles. The van der Waals surface area contributed by atoms with Gasteiger partial charge in [0.1, 0.15) is 11.4 Å². The normalized spacial score (nSPS) is 11.1. The van der Waals surface area contributed by atoms with E-state index >= 15 is 0 Å². The number of nitrogens with zero attached hydrogens (tertiary/aromatic N) is 5. The van der Waals surface area contributed by atoms with Gasteiger partial charge in [0, 0.05) is 11.9 Å². The standard InChI is InChI=1S/C20H19N5OS2/c1-14-8-9-27-17(14)11-24(2)18(26)12-28-20-16-10-23-25(19(16)21-13-22-20)15-6-4-3-5-7-15/h3-10,13H,11-12H2,1-2H3. The van der Waals surface area contributed by atoms with Crippen molar-refractivity contribution in [2.24, 2.45) is 0 Å². The van der Waals surface area contributed by atoms with Gasteiger partial charge in [-0.05, 0) is 36.1 Å². The second kappa shape index (κ2) is 8.12. The molecule has 0 spiro atoms. The summed E-state index contributed by atoms with van der Waals surface area (Å²) in [4.78, 5) is 24.3. The maximum absolute atomic E-state index is 12.6. The number of thioether (sulfide) groups is 1. The van der Waals surface area contributed by atoms with E-state index < -0.39 is 0 Å².